The second-order valence-electron chi connectivity index (χ2n) is 5.41. The van der Waals surface area contributed by atoms with Crippen LogP contribution in [0.2, 0.25) is 0 Å². The summed E-state index contributed by atoms with van der Waals surface area (Å²) < 4.78 is 0. The normalized spacial score (nSPS) is 14.7. The average molecular weight is 277 g/mol. The highest BCUT2D eigenvalue weighted by Gasteiger charge is 2.27. The van der Waals surface area contributed by atoms with Crippen molar-refractivity contribution >= 4 is 11.6 Å². The third-order valence-electron chi connectivity index (χ3n) is 3.76. The molecule has 20 heavy (non-hydrogen) atoms. The molecule has 0 aliphatic heterocycles. The molecule has 0 saturated heterocycles. The van der Waals surface area contributed by atoms with E-state index >= 15 is 0 Å². The maximum atomic E-state index is 4.52. The van der Waals surface area contributed by atoms with E-state index < -0.39 is 0 Å². The third-order valence-corrected chi connectivity index (χ3v) is 3.76. The first-order valence-electron chi connectivity index (χ1n) is 7.72. The van der Waals surface area contributed by atoms with Crippen LogP contribution in [-0.4, -0.2) is 47.1 Å². The zero-order chi connectivity index (χ0) is 14.5. The number of aromatic nitrogens is 2. The van der Waals surface area contributed by atoms with E-state index in [1.165, 1.54) is 12.8 Å². The zero-order valence-electron chi connectivity index (χ0n) is 13.2. The van der Waals surface area contributed by atoms with Gasteiger partial charge in [0.25, 0.3) is 0 Å². The van der Waals surface area contributed by atoms with E-state index in [9.17, 15) is 0 Å². The van der Waals surface area contributed by atoms with Crippen LogP contribution in [0.5, 0.6) is 0 Å². The molecule has 1 aromatic heterocycles. The lowest BCUT2D eigenvalue weighted by molar-refractivity contribution is 0.289. The van der Waals surface area contributed by atoms with Gasteiger partial charge in [0.05, 0.1) is 0 Å². The summed E-state index contributed by atoms with van der Waals surface area (Å²) in [7, 11) is 0. The Bertz CT molecular complexity index is 442. The fourth-order valence-corrected chi connectivity index (χ4v) is 2.50. The number of anilines is 2. The number of nitrogens with zero attached hydrogens (tertiary/aromatic N) is 3. The molecule has 0 amide bonds. The minimum Gasteiger partial charge on any atom is -0.370 e. The molecule has 1 aliphatic rings. The Morgan fingerprint density at radius 3 is 2.30 bits per heavy atom. The SMILES string of the molecule is CCNc1nc(C)nc(NCCN(CC)C2CC2)c1C. The number of likely N-dealkylation sites (N-methyl/N-ethyl adjacent to an activating group) is 1. The van der Waals surface area contributed by atoms with Crippen molar-refractivity contribution < 1.29 is 0 Å². The summed E-state index contributed by atoms with van der Waals surface area (Å²) in [5, 5.41) is 6.76. The van der Waals surface area contributed by atoms with Gasteiger partial charge in [0.2, 0.25) is 0 Å². The molecule has 1 fully saturated rings. The molecular formula is C15H27N5. The van der Waals surface area contributed by atoms with Crippen molar-refractivity contribution in [2.75, 3.05) is 36.8 Å². The molecular weight excluding hydrogens is 250 g/mol. The van der Waals surface area contributed by atoms with E-state index in [1.54, 1.807) is 0 Å². The Morgan fingerprint density at radius 2 is 1.75 bits per heavy atom. The number of hydrogen-bond donors (Lipinski definition) is 2. The zero-order valence-corrected chi connectivity index (χ0v) is 13.2. The number of hydrogen-bond acceptors (Lipinski definition) is 5. The molecule has 2 N–H and O–H groups in total. The van der Waals surface area contributed by atoms with Gasteiger partial charge in [-0.1, -0.05) is 6.92 Å². The smallest absolute Gasteiger partial charge is 0.134 e. The van der Waals surface area contributed by atoms with Gasteiger partial charge >= 0.3 is 0 Å². The van der Waals surface area contributed by atoms with Crippen LogP contribution in [0.3, 0.4) is 0 Å². The van der Waals surface area contributed by atoms with Crippen molar-refractivity contribution in [3.05, 3.63) is 11.4 Å². The van der Waals surface area contributed by atoms with Gasteiger partial charge in [-0.15, -0.1) is 0 Å². The maximum Gasteiger partial charge on any atom is 0.134 e. The number of aryl methyl sites for hydroxylation is 1. The van der Waals surface area contributed by atoms with E-state index in [0.717, 1.165) is 55.2 Å². The van der Waals surface area contributed by atoms with Gasteiger partial charge in [-0.25, -0.2) is 9.97 Å². The summed E-state index contributed by atoms with van der Waals surface area (Å²) in [5.41, 5.74) is 1.10. The first-order valence-corrected chi connectivity index (χ1v) is 7.72. The molecule has 0 radical (unpaired) electrons. The first-order chi connectivity index (χ1) is 9.65. The van der Waals surface area contributed by atoms with Gasteiger partial charge in [-0.3, -0.25) is 4.90 Å². The second kappa shape index (κ2) is 6.88. The van der Waals surface area contributed by atoms with Crippen LogP contribution in [0.4, 0.5) is 11.6 Å². The van der Waals surface area contributed by atoms with Crippen LogP contribution in [-0.2, 0) is 0 Å². The molecule has 1 aromatic rings. The largest absolute Gasteiger partial charge is 0.370 e. The van der Waals surface area contributed by atoms with Gasteiger partial charge in [-0.05, 0) is 40.2 Å². The molecule has 0 aromatic carbocycles. The Labute approximate surface area is 122 Å². The Balaban J connectivity index is 1.94. The highest BCUT2D eigenvalue weighted by molar-refractivity contribution is 5.57. The molecule has 112 valence electrons. The van der Waals surface area contributed by atoms with Crippen molar-refractivity contribution in [3.63, 3.8) is 0 Å². The van der Waals surface area contributed by atoms with E-state index in [2.05, 4.69) is 46.3 Å². The minimum absolute atomic E-state index is 0.809. The number of rotatable bonds is 8. The summed E-state index contributed by atoms with van der Waals surface area (Å²) >= 11 is 0. The summed E-state index contributed by atoms with van der Waals surface area (Å²) in [6.07, 6.45) is 2.73. The van der Waals surface area contributed by atoms with Crippen molar-refractivity contribution in [1.29, 1.82) is 0 Å². The number of nitrogens with one attached hydrogen (secondary N) is 2. The molecule has 5 nitrogen and oxygen atoms in total. The topological polar surface area (TPSA) is 53.1 Å². The van der Waals surface area contributed by atoms with E-state index in [4.69, 9.17) is 0 Å². The van der Waals surface area contributed by atoms with Gasteiger partial charge in [0, 0.05) is 31.2 Å². The van der Waals surface area contributed by atoms with Crippen molar-refractivity contribution in [2.24, 2.45) is 0 Å². The summed E-state index contributed by atoms with van der Waals surface area (Å²) in [6, 6.07) is 0.826. The lowest BCUT2D eigenvalue weighted by atomic mass is 10.3. The van der Waals surface area contributed by atoms with E-state index in [0.29, 0.717) is 0 Å². The molecule has 1 saturated carbocycles. The molecule has 0 bridgehead atoms. The Hall–Kier alpha value is -1.36. The molecule has 0 spiro atoms. The van der Waals surface area contributed by atoms with Gasteiger partial charge in [0.15, 0.2) is 0 Å². The fraction of sp³-hybridized carbons (Fsp3) is 0.733. The van der Waals surface area contributed by atoms with Gasteiger partial charge in [-0.2, -0.15) is 0 Å². The quantitative estimate of drug-likeness (QED) is 0.764. The highest BCUT2D eigenvalue weighted by atomic mass is 15.2. The molecule has 0 atom stereocenters. The van der Waals surface area contributed by atoms with E-state index in [1.807, 2.05) is 6.92 Å². The van der Waals surface area contributed by atoms with Crippen LogP contribution in [0, 0.1) is 13.8 Å². The average Bonchev–Trinajstić information content (AvgIpc) is 3.24. The van der Waals surface area contributed by atoms with Crippen LogP contribution in [0.1, 0.15) is 38.1 Å². The second-order valence-corrected chi connectivity index (χ2v) is 5.41. The molecule has 1 heterocycles. The highest BCUT2D eigenvalue weighted by Crippen LogP contribution is 2.26. The Morgan fingerprint density at radius 1 is 1.10 bits per heavy atom. The first kappa shape index (κ1) is 15.0. The lowest BCUT2D eigenvalue weighted by Crippen LogP contribution is -2.31. The van der Waals surface area contributed by atoms with Gasteiger partial charge < -0.3 is 10.6 Å². The van der Waals surface area contributed by atoms with Crippen molar-refractivity contribution in [3.8, 4) is 0 Å². The van der Waals surface area contributed by atoms with Crippen LogP contribution < -0.4 is 10.6 Å². The van der Waals surface area contributed by atoms with E-state index in [-0.39, 0.29) is 0 Å². The summed E-state index contributed by atoms with van der Waals surface area (Å²) in [4.78, 5) is 11.5. The monoisotopic (exact) mass is 277 g/mol. The summed E-state index contributed by atoms with van der Waals surface area (Å²) in [6.45, 7) is 12.4. The van der Waals surface area contributed by atoms with Crippen LogP contribution in [0.25, 0.3) is 0 Å². The fourth-order valence-electron chi connectivity index (χ4n) is 2.50. The predicted octanol–water partition coefficient (Wildman–Crippen LogP) is 2.42. The lowest BCUT2D eigenvalue weighted by Gasteiger charge is -2.20. The Kier molecular flexibility index (Phi) is 5.17. The molecule has 1 aliphatic carbocycles. The standard InChI is InChI=1S/C15H27N5/c1-5-16-14-11(3)15(19-12(4)18-14)17-9-10-20(6-2)13-7-8-13/h13H,5-10H2,1-4H3,(H2,16,17,18,19). The third kappa shape index (κ3) is 3.82. The van der Waals surface area contributed by atoms with Crippen molar-refractivity contribution in [2.45, 2.75) is 46.6 Å². The molecule has 0 unspecified atom stereocenters. The molecule has 2 rings (SSSR count). The van der Waals surface area contributed by atoms with Crippen LogP contribution in [0.15, 0.2) is 0 Å². The van der Waals surface area contributed by atoms with Crippen molar-refractivity contribution in [1.82, 2.24) is 14.9 Å². The predicted molar refractivity (Wildman–Crippen MR) is 84.4 cm³/mol. The molecule has 5 heteroatoms. The van der Waals surface area contributed by atoms with Gasteiger partial charge in [0.1, 0.15) is 17.5 Å². The maximum absolute atomic E-state index is 4.52. The minimum atomic E-state index is 0.809. The van der Waals surface area contributed by atoms with Crippen LogP contribution >= 0.6 is 0 Å². The summed E-state index contributed by atoms with van der Waals surface area (Å²) in [5.74, 6) is 2.71.